The van der Waals surface area contributed by atoms with Crippen LogP contribution in [0.1, 0.15) is 5.56 Å². The SMILES string of the molecule is COc1cc(C=C(C#N)C(=O)Nc2ccc(Cl)cc2)cc(Br)c1O. The predicted octanol–water partition coefficient (Wildman–Crippen LogP) is 4.36. The van der Waals surface area contributed by atoms with E-state index < -0.39 is 5.91 Å². The third-order valence-corrected chi connectivity index (χ3v) is 3.91. The van der Waals surface area contributed by atoms with Crippen LogP contribution >= 0.6 is 27.5 Å². The first-order valence-corrected chi connectivity index (χ1v) is 7.87. The maximum atomic E-state index is 12.2. The summed E-state index contributed by atoms with van der Waals surface area (Å²) >= 11 is 8.98. The Morgan fingerprint density at radius 3 is 2.62 bits per heavy atom. The second-order valence-corrected chi connectivity index (χ2v) is 5.98. The van der Waals surface area contributed by atoms with E-state index >= 15 is 0 Å². The van der Waals surface area contributed by atoms with E-state index in [-0.39, 0.29) is 17.1 Å². The molecule has 0 atom stereocenters. The number of amides is 1. The number of ether oxygens (including phenoxy) is 1. The minimum Gasteiger partial charge on any atom is -0.503 e. The van der Waals surface area contributed by atoms with Crippen molar-refractivity contribution in [1.29, 1.82) is 5.26 Å². The van der Waals surface area contributed by atoms with Gasteiger partial charge in [0.15, 0.2) is 11.5 Å². The monoisotopic (exact) mass is 406 g/mol. The first-order chi connectivity index (χ1) is 11.4. The fourth-order valence-electron chi connectivity index (χ4n) is 1.88. The summed E-state index contributed by atoms with van der Waals surface area (Å²) in [5.74, 6) is -0.382. The molecule has 0 spiro atoms. The van der Waals surface area contributed by atoms with E-state index in [1.54, 1.807) is 30.3 Å². The summed E-state index contributed by atoms with van der Waals surface area (Å²) in [6.07, 6.45) is 1.40. The van der Waals surface area contributed by atoms with E-state index in [1.807, 2.05) is 6.07 Å². The molecule has 0 fully saturated rings. The average molecular weight is 408 g/mol. The van der Waals surface area contributed by atoms with E-state index in [2.05, 4.69) is 21.2 Å². The van der Waals surface area contributed by atoms with Crippen LogP contribution in [0.5, 0.6) is 11.5 Å². The second-order valence-electron chi connectivity index (χ2n) is 4.68. The van der Waals surface area contributed by atoms with Crippen molar-refractivity contribution in [1.82, 2.24) is 0 Å². The number of nitrogens with one attached hydrogen (secondary N) is 1. The van der Waals surface area contributed by atoms with Crippen LogP contribution in [0.3, 0.4) is 0 Å². The molecule has 24 heavy (non-hydrogen) atoms. The molecule has 0 bridgehead atoms. The molecule has 2 rings (SSSR count). The number of hydrogen-bond donors (Lipinski definition) is 2. The van der Waals surface area contributed by atoms with Gasteiger partial charge in [-0.25, -0.2) is 0 Å². The quantitative estimate of drug-likeness (QED) is 0.583. The highest BCUT2D eigenvalue weighted by Gasteiger charge is 2.12. The summed E-state index contributed by atoms with van der Waals surface area (Å²) in [7, 11) is 1.41. The molecule has 0 saturated carbocycles. The lowest BCUT2D eigenvalue weighted by atomic mass is 10.1. The number of aromatic hydroxyl groups is 1. The van der Waals surface area contributed by atoms with Crippen molar-refractivity contribution in [2.75, 3.05) is 12.4 Å². The van der Waals surface area contributed by atoms with Crippen LogP contribution < -0.4 is 10.1 Å². The van der Waals surface area contributed by atoms with E-state index in [1.165, 1.54) is 19.3 Å². The summed E-state index contributed by atoms with van der Waals surface area (Å²) in [5, 5.41) is 22.2. The van der Waals surface area contributed by atoms with E-state index in [0.29, 0.717) is 20.7 Å². The van der Waals surface area contributed by atoms with E-state index in [4.69, 9.17) is 16.3 Å². The molecule has 7 heteroatoms. The Balaban J connectivity index is 2.29. The third-order valence-electron chi connectivity index (χ3n) is 3.05. The molecule has 122 valence electrons. The Morgan fingerprint density at radius 2 is 2.04 bits per heavy atom. The van der Waals surface area contributed by atoms with Gasteiger partial charge in [0.2, 0.25) is 0 Å². The Bertz CT molecular complexity index is 842. The highest BCUT2D eigenvalue weighted by molar-refractivity contribution is 9.10. The van der Waals surface area contributed by atoms with Crippen molar-refractivity contribution >= 4 is 45.2 Å². The molecule has 0 saturated heterocycles. The number of nitrogens with zero attached hydrogens (tertiary/aromatic N) is 1. The van der Waals surface area contributed by atoms with Crippen LogP contribution in [-0.2, 0) is 4.79 Å². The van der Waals surface area contributed by atoms with E-state index in [9.17, 15) is 15.2 Å². The fraction of sp³-hybridized carbons (Fsp3) is 0.0588. The lowest BCUT2D eigenvalue weighted by Gasteiger charge is -2.07. The van der Waals surface area contributed by atoms with Crippen LogP contribution in [0.2, 0.25) is 5.02 Å². The van der Waals surface area contributed by atoms with Crippen molar-refractivity contribution in [2.24, 2.45) is 0 Å². The largest absolute Gasteiger partial charge is 0.503 e. The Morgan fingerprint density at radius 1 is 1.38 bits per heavy atom. The highest BCUT2D eigenvalue weighted by atomic mass is 79.9. The summed E-state index contributed by atoms with van der Waals surface area (Å²) in [6.45, 7) is 0. The molecule has 2 aromatic carbocycles. The number of phenolic OH excluding ortho intramolecular Hbond substituents is 1. The summed E-state index contributed by atoms with van der Waals surface area (Å²) in [6, 6.07) is 11.5. The van der Waals surface area contributed by atoms with E-state index in [0.717, 1.165) is 0 Å². The molecule has 2 N–H and O–H groups in total. The molecule has 0 aromatic heterocycles. The first kappa shape index (κ1) is 17.9. The van der Waals surface area contributed by atoms with Crippen LogP contribution in [0.15, 0.2) is 46.4 Å². The van der Waals surface area contributed by atoms with Gasteiger partial charge in [-0.2, -0.15) is 5.26 Å². The molecule has 0 radical (unpaired) electrons. The number of benzene rings is 2. The topological polar surface area (TPSA) is 82.3 Å². The molecule has 1 amide bonds. The van der Waals surface area contributed by atoms with Gasteiger partial charge in [0.1, 0.15) is 11.6 Å². The minimum atomic E-state index is -0.553. The zero-order valence-corrected chi connectivity index (χ0v) is 14.9. The van der Waals surface area contributed by atoms with Crippen LogP contribution in [0.4, 0.5) is 5.69 Å². The predicted molar refractivity (Wildman–Crippen MR) is 96.0 cm³/mol. The zero-order chi connectivity index (χ0) is 17.7. The molecule has 0 heterocycles. The molecule has 0 aliphatic heterocycles. The number of carbonyl (C=O) groups excluding carboxylic acids is 1. The number of rotatable bonds is 4. The van der Waals surface area contributed by atoms with Crippen molar-refractivity contribution in [3.8, 4) is 17.6 Å². The lowest BCUT2D eigenvalue weighted by Crippen LogP contribution is -2.13. The standard InChI is InChI=1S/C17H12BrClN2O3/c1-24-15-8-10(7-14(18)16(15)22)6-11(9-20)17(23)21-13-4-2-12(19)3-5-13/h2-8,22H,1H3,(H,21,23). The average Bonchev–Trinajstić information content (AvgIpc) is 2.57. The van der Waals surface area contributed by atoms with Gasteiger partial charge in [0.05, 0.1) is 11.6 Å². The first-order valence-electron chi connectivity index (χ1n) is 6.70. The highest BCUT2D eigenvalue weighted by Crippen LogP contribution is 2.35. The Hall–Kier alpha value is -2.49. The Labute approximate surface area is 152 Å². The number of carbonyl (C=O) groups is 1. The molecular weight excluding hydrogens is 396 g/mol. The molecule has 0 aliphatic rings. The van der Waals surface area contributed by atoms with Gasteiger partial charge in [-0.1, -0.05) is 11.6 Å². The van der Waals surface area contributed by atoms with Gasteiger partial charge in [-0.3, -0.25) is 4.79 Å². The lowest BCUT2D eigenvalue weighted by molar-refractivity contribution is -0.112. The number of methoxy groups -OCH3 is 1. The number of halogens is 2. The molecular formula is C17H12BrClN2O3. The minimum absolute atomic E-state index is 0.0567. The second kappa shape index (κ2) is 7.86. The maximum absolute atomic E-state index is 12.2. The van der Waals surface area contributed by atoms with Gasteiger partial charge in [-0.05, 0) is 64.0 Å². The van der Waals surface area contributed by atoms with Gasteiger partial charge in [0.25, 0.3) is 5.91 Å². The number of hydrogen-bond acceptors (Lipinski definition) is 4. The van der Waals surface area contributed by atoms with Gasteiger partial charge in [0, 0.05) is 10.7 Å². The Kier molecular flexibility index (Phi) is 5.85. The number of phenols is 1. The van der Waals surface area contributed by atoms with Crippen LogP contribution in [-0.4, -0.2) is 18.1 Å². The molecule has 2 aromatic rings. The normalized spacial score (nSPS) is 10.8. The summed E-state index contributed by atoms with van der Waals surface area (Å²) < 4.78 is 5.44. The third kappa shape index (κ3) is 4.28. The number of nitriles is 1. The van der Waals surface area contributed by atoms with Crippen molar-refractivity contribution < 1.29 is 14.6 Å². The molecule has 0 unspecified atom stereocenters. The van der Waals surface area contributed by atoms with Gasteiger partial charge in [-0.15, -0.1) is 0 Å². The zero-order valence-electron chi connectivity index (χ0n) is 12.5. The smallest absolute Gasteiger partial charge is 0.266 e. The van der Waals surface area contributed by atoms with Crippen molar-refractivity contribution in [2.45, 2.75) is 0 Å². The molecule has 5 nitrogen and oxygen atoms in total. The number of anilines is 1. The van der Waals surface area contributed by atoms with Crippen molar-refractivity contribution in [3.63, 3.8) is 0 Å². The fourth-order valence-corrected chi connectivity index (χ4v) is 2.47. The van der Waals surface area contributed by atoms with Crippen molar-refractivity contribution in [3.05, 3.63) is 57.0 Å². The van der Waals surface area contributed by atoms with Crippen LogP contribution in [0.25, 0.3) is 6.08 Å². The van der Waals surface area contributed by atoms with Gasteiger partial charge >= 0.3 is 0 Å². The maximum Gasteiger partial charge on any atom is 0.266 e. The molecule has 0 aliphatic carbocycles. The van der Waals surface area contributed by atoms with Gasteiger partial charge < -0.3 is 15.2 Å². The summed E-state index contributed by atoms with van der Waals surface area (Å²) in [4.78, 5) is 12.2. The summed E-state index contributed by atoms with van der Waals surface area (Å²) in [5.41, 5.74) is 0.957. The van der Waals surface area contributed by atoms with Crippen LogP contribution in [0, 0.1) is 11.3 Å².